The second kappa shape index (κ2) is 6.80. The maximum Gasteiger partial charge on any atom is 0.271 e. The first-order chi connectivity index (χ1) is 12.6. The van der Waals surface area contributed by atoms with Gasteiger partial charge in [-0.25, -0.2) is 4.98 Å². The van der Waals surface area contributed by atoms with Crippen molar-refractivity contribution < 1.29 is 4.79 Å². The zero-order valence-electron chi connectivity index (χ0n) is 15.1. The summed E-state index contributed by atoms with van der Waals surface area (Å²) in [4.78, 5) is 22.8. The number of hydrogen-bond acceptors (Lipinski definition) is 2. The number of aromatic nitrogens is 3. The molecule has 0 bridgehead atoms. The van der Waals surface area contributed by atoms with Crippen molar-refractivity contribution in [2.24, 2.45) is 0 Å². The fraction of sp³-hybridized carbons (Fsp3) is 0.400. The van der Waals surface area contributed by atoms with Crippen molar-refractivity contribution in [3.05, 3.63) is 53.2 Å². The van der Waals surface area contributed by atoms with E-state index in [1.165, 1.54) is 0 Å². The van der Waals surface area contributed by atoms with Gasteiger partial charge in [0, 0.05) is 48.3 Å². The van der Waals surface area contributed by atoms with E-state index in [0.29, 0.717) is 23.3 Å². The van der Waals surface area contributed by atoms with Crippen LogP contribution in [0.1, 0.15) is 55.0 Å². The summed E-state index contributed by atoms with van der Waals surface area (Å²) >= 11 is 6.48. The molecule has 0 radical (unpaired) electrons. The van der Waals surface area contributed by atoms with E-state index < -0.39 is 0 Å². The minimum atomic E-state index is -0.0291. The number of imidazole rings is 1. The molecule has 6 heteroatoms. The lowest BCUT2D eigenvalue weighted by atomic mass is 9.96. The van der Waals surface area contributed by atoms with Crippen molar-refractivity contribution in [2.45, 2.75) is 38.6 Å². The molecule has 1 atom stereocenters. The van der Waals surface area contributed by atoms with Crippen LogP contribution in [0.15, 0.2) is 36.7 Å². The van der Waals surface area contributed by atoms with E-state index in [0.717, 1.165) is 36.1 Å². The topological polar surface area (TPSA) is 53.9 Å². The van der Waals surface area contributed by atoms with Gasteiger partial charge in [0.2, 0.25) is 0 Å². The first kappa shape index (κ1) is 17.2. The van der Waals surface area contributed by atoms with E-state index >= 15 is 0 Å². The molecule has 0 unspecified atom stereocenters. The van der Waals surface area contributed by atoms with Crippen LogP contribution in [0.4, 0.5) is 0 Å². The number of carbonyl (C=O) groups excluding carboxylic acids is 1. The van der Waals surface area contributed by atoms with Crippen LogP contribution in [0.2, 0.25) is 5.02 Å². The van der Waals surface area contributed by atoms with Crippen molar-refractivity contribution in [1.82, 2.24) is 19.4 Å². The van der Waals surface area contributed by atoms with Gasteiger partial charge in [0.25, 0.3) is 5.91 Å². The third kappa shape index (κ3) is 2.90. The molecule has 0 spiro atoms. The number of likely N-dealkylation sites (tertiary alicyclic amines) is 1. The molecule has 1 fully saturated rings. The summed E-state index contributed by atoms with van der Waals surface area (Å²) in [6.45, 7) is 5.74. The standard InChI is InChI=1S/C20H23ClN4O/c1-13(2)25-11-9-22-19(25)14-6-5-10-24(12-14)20(26)18-17(21)15-7-3-4-8-16(15)23-18/h3-4,7-9,11,13-14,23H,5-6,10,12H2,1-2H3/t14-/m1/s1. The molecule has 1 aliphatic heterocycles. The highest BCUT2D eigenvalue weighted by molar-refractivity contribution is 6.38. The molecule has 1 N–H and O–H groups in total. The summed E-state index contributed by atoms with van der Waals surface area (Å²) in [6.07, 6.45) is 5.90. The quantitative estimate of drug-likeness (QED) is 0.731. The summed E-state index contributed by atoms with van der Waals surface area (Å²) < 4.78 is 2.20. The maximum absolute atomic E-state index is 13.1. The average Bonchev–Trinajstić information content (AvgIpc) is 3.27. The number of benzene rings is 1. The van der Waals surface area contributed by atoms with Gasteiger partial charge >= 0.3 is 0 Å². The molecule has 2 aromatic heterocycles. The van der Waals surface area contributed by atoms with Gasteiger partial charge in [0.05, 0.1) is 5.02 Å². The summed E-state index contributed by atoms with van der Waals surface area (Å²) in [6, 6.07) is 8.10. The maximum atomic E-state index is 13.1. The van der Waals surface area contributed by atoms with Crippen LogP contribution in [-0.2, 0) is 0 Å². The molecule has 1 amide bonds. The SMILES string of the molecule is CC(C)n1ccnc1[C@@H]1CCCN(C(=O)c2[nH]c3ccccc3c2Cl)C1. The van der Waals surface area contributed by atoms with E-state index in [1.807, 2.05) is 41.6 Å². The number of nitrogens with one attached hydrogen (secondary N) is 1. The highest BCUT2D eigenvalue weighted by Gasteiger charge is 2.30. The number of hydrogen-bond donors (Lipinski definition) is 1. The monoisotopic (exact) mass is 370 g/mol. The van der Waals surface area contributed by atoms with Crippen LogP contribution in [0.5, 0.6) is 0 Å². The molecule has 1 aromatic carbocycles. The predicted octanol–water partition coefficient (Wildman–Crippen LogP) is 4.62. The number of halogens is 1. The number of para-hydroxylation sites is 1. The zero-order valence-corrected chi connectivity index (χ0v) is 15.8. The van der Waals surface area contributed by atoms with Gasteiger partial charge in [0.1, 0.15) is 11.5 Å². The second-order valence-corrected chi connectivity index (χ2v) is 7.61. The van der Waals surface area contributed by atoms with Crippen molar-refractivity contribution in [2.75, 3.05) is 13.1 Å². The van der Waals surface area contributed by atoms with E-state index in [1.54, 1.807) is 0 Å². The van der Waals surface area contributed by atoms with Gasteiger partial charge in [-0.3, -0.25) is 4.79 Å². The van der Waals surface area contributed by atoms with Gasteiger partial charge in [-0.2, -0.15) is 0 Å². The number of fused-ring (bicyclic) bond motifs is 1. The fourth-order valence-electron chi connectivity index (χ4n) is 3.86. The van der Waals surface area contributed by atoms with Gasteiger partial charge in [0.15, 0.2) is 0 Å². The molecule has 5 nitrogen and oxygen atoms in total. The third-order valence-corrected chi connectivity index (χ3v) is 5.58. The highest BCUT2D eigenvalue weighted by atomic mass is 35.5. The van der Waals surface area contributed by atoms with Gasteiger partial charge < -0.3 is 14.5 Å². The number of aromatic amines is 1. The summed E-state index contributed by atoms with van der Waals surface area (Å²) in [7, 11) is 0. The van der Waals surface area contributed by atoms with Crippen LogP contribution in [0, 0.1) is 0 Å². The van der Waals surface area contributed by atoms with Crippen molar-refractivity contribution >= 4 is 28.4 Å². The first-order valence-corrected chi connectivity index (χ1v) is 9.52. The Morgan fingerprint density at radius 3 is 2.92 bits per heavy atom. The molecule has 0 saturated carbocycles. The molecule has 1 aliphatic rings. The summed E-state index contributed by atoms with van der Waals surface area (Å²) in [5.74, 6) is 1.30. The van der Waals surface area contributed by atoms with Crippen LogP contribution < -0.4 is 0 Å². The number of H-pyrrole nitrogens is 1. The predicted molar refractivity (Wildman–Crippen MR) is 104 cm³/mol. The Morgan fingerprint density at radius 1 is 1.35 bits per heavy atom. The normalized spacial score (nSPS) is 18.0. The van der Waals surface area contributed by atoms with Crippen molar-refractivity contribution in [3.63, 3.8) is 0 Å². The fourth-order valence-corrected chi connectivity index (χ4v) is 4.16. The molecule has 3 aromatic rings. The molecule has 1 saturated heterocycles. The number of carbonyl (C=O) groups is 1. The van der Waals surface area contributed by atoms with Gasteiger partial charge in [-0.15, -0.1) is 0 Å². The van der Waals surface area contributed by atoms with Crippen LogP contribution in [0.25, 0.3) is 10.9 Å². The highest BCUT2D eigenvalue weighted by Crippen LogP contribution is 2.31. The lowest BCUT2D eigenvalue weighted by Crippen LogP contribution is -2.40. The van der Waals surface area contributed by atoms with Crippen LogP contribution in [-0.4, -0.2) is 38.4 Å². The molecule has 136 valence electrons. The van der Waals surface area contributed by atoms with E-state index in [4.69, 9.17) is 11.6 Å². The van der Waals surface area contributed by atoms with Gasteiger partial charge in [-0.1, -0.05) is 29.8 Å². The largest absolute Gasteiger partial charge is 0.349 e. The number of rotatable bonds is 3. The third-order valence-electron chi connectivity index (χ3n) is 5.19. The molecule has 26 heavy (non-hydrogen) atoms. The van der Waals surface area contributed by atoms with Crippen LogP contribution >= 0.6 is 11.6 Å². The molecule has 0 aliphatic carbocycles. The average molecular weight is 371 g/mol. The molecular weight excluding hydrogens is 348 g/mol. The minimum absolute atomic E-state index is 0.0291. The Bertz CT molecular complexity index is 942. The van der Waals surface area contributed by atoms with Crippen molar-refractivity contribution in [3.8, 4) is 0 Å². The Hall–Kier alpha value is -2.27. The number of amides is 1. The van der Waals surface area contributed by atoms with Crippen LogP contribution in [0.3, 0.4) is 0 Å². The minimum Gasteiger partial charge on any atom is -0.349 e. The number of piperidine rings is 1. The molecule has 3 heterocycles. The summed E-state index contributed by atoms with van der Waals surface area (Å²) in [5.41, 5.74) is 1.38. The lowest BCUT2D eigenvalue weighted by molar-refractivity contribution is 0.0698. The second-order valence-electron chi connectivity index (χ2n) is 7.24. The van der Waals surface area contributed by atoms with E-state index in [-0.39, 0.29) is 11.8 Å². The number of nitrogens with zero attached hydrogens (tertiary/aromatic N) is 3. The smallest absolute Gasteiger partial charge is 0.271 e. The van der Waals surface area contributed by atoms with Gasteiger partial charge in [-0.05, 0) is 32.8 Å². The Kier molecular flexibility index (Phi) is 4.49. The molecule has 4 rings (SSSR count). The van der Waals surface area contributed by atoms with Crippen molar-refractivity contribution in [1.29, 1.82) is 0 Å². The Labute approximate surface area is 158 Å². The Balaban J connectivity index is 1.60. The Morgan fingerprint density at radius 2 is 2.15 bits per heavy atom. The first-order valence-electron chi connectivity index (χ1n) is 9.14. The van der Waals surface area contributed by atoms with E-state index in [9.17, 15) is 4.79 Å². The zero-order chi connectivity index (χ0) is 18.3. The molecular formula is C20H23ClN4O. The van der Waals surface area contributed by atoms with E-state index in [2.05, 4.69) is 28.4 Å². The lowest BCUT2D eigenvalue weighted by Gasteiger charge is -2.33. The summed E-state index contributed by atoms with van der Waals surface area (Å²) in [5, 5.41) is 1.40.